The van der Waals surface area contributed by atoms with E-state index < -0.39 is 5.82 Å². The number of carbonyl (C=O) groups excluding carboxylic acids is 1. The number of benzene rings is 1. The van der Waals surface area contributed by atoms with E-state index in [1.807, 2.05) is 0 Å². The van der Waals surface area contributed by atoms with Gasteiger partial charge in [-0.1, -0.05) is 18.0 Å². The molecule has 3 rings (SSSR count). The van der Waals surface area contributed by atoms with E-state index in [1.165, 1.54) is 24.6 Å². The molecule has 2 bridgehead atoms. The lowest BCUT2D eigenvalue weighted by molar-refractivity contribution is -0.121. The molecular weight excluding hydrogens is 253 g/mol. The lowest BCUT2D eigenvalue weighted by Crippen LogP contribution is -2.27. The summed E-state index contributed by atoms with van der Waals surface area (Å²) in [7, 11) is 0. The monoisotopic (exact) mass is 267 g/mol. The van der Waals surface area contributed by atoms with Crippen LogP contribution in [0.1, 0.15) is 25.7 Å². The number of hydrogen-bond acceptors (Lipinski definition) is 1. The first kappa shape index (κ1) is 12.0. The van der Waals surface area contributed by atoms with Gasteiger partial charge in [0.1, 0.15) is 5.82 Å². The Morgan fingerprint density at radius 1 is 1.33 bits per heavy atom. The summed E-state index contributed by atoms with van der Waals surface area (Å²) in [5, 5.41) is 3.11. The van der Waals surface area contributed by atoms with E-state index >= 15 is 0 Å². The van der Waals surface area contributed by atoms with Crippen LogP contribution in [0.5, 0.6) is 0 Å². The van der Waals surface area contributed by atoms with Gasteiger partial charge in [-0.2, -0.15) is 0 Å². The number of nitrogens with one attached hydrogen (secondary N) is 1. The van der Waals surface area contributed by atoms with Gasteiger partial charge < -0.3 is 5.32 Å². The highest BCUT2D eigenvalue weighted by Gasteiger charge is 2.43. The standard InChI is InChI=1S/C14H15ClFNO/c15-10-3-4-12(16)13(7-10)17-14(18)11-6-8-1-2-9(11)5-8/h3-4,7-9,11H,1-2,5-6H2,(H,17,18). The van der Waals surface area contributed by atoms with Gasteiger partial charge in [-0.3, -0.25) is 4.79 Å². The molecule has 1 amide bonds. The first-order valence-electron chi connectivity index (χ1n) is 6.39. The molecule has 4 heteroatoms. The third kappa shape index (κ3) is 2.12. The average molecular weight is 268 g/mol. The summed E-state index contributed by atoms with van der Waals surface area (Å²) in [5.41, 5.74) is 0.190. The van der Waals surface area contributed by atoms with Crippen molar-refractivity contribution >= 4 is 23.2 Å². The SMILES string of the molecule is O=C(Nc1cc(Cl)ccc1F)C1CC2CCC1C2. The van der Waals surface area contributed by atoms with Crippen molar-refractivity contribution in [2.75, 3.05) is 5.32 Å². The van der Waals surface area contributed by atoms with Crippen molar-refractivity contribution in [3.8, 4) is 0 Å². The first-order chi connectivity index (χ1) is 8.63. The van der Waals surface area contributed by atoms with Crippen molar-refractivity contribution in [1.29, 1.82) is 0 Å². The fraction of sp³-hybridized carbons (Fsp3) is 0.500. The third-order valence-electron chi connectivity index (χ3n) is 4.26. The molecule has 1 aromatic carbocycles. The van der Waals surface area contributed by atoms with E-state index in [2.05, 4.69) is 5.32 Å². The molecule has 0 aliphatic heterocycles. The second-order valence-electron chi connectivity index (χ2n) is 5.39. The van der Waals surface area contributed by atoms with Crippen LogP contribution in [0.2, 0.25) is 5.02 Å². The predicted molar refractivity (Wildman–Crippen MR) is 69.0 cm³/mol. The van der Waals surface area contributed by atoms with Gasteiger partial charge in [0.05, 0.1) is 5.69 Å². The van der Waals surface area contributed by atoms with Crippen molar-refractivity contribution in [1.82, 2.24) is 0 Å². The quantitative estimate of drug-likeness (QED) is 0.866. The predicted octanol–water partition coefficient (Wildman–Crippen LogP) is 3.85. The van der Waals surface area contributed by atoms with Crippen LogP contribution in [-0.4, -0.2) is 5.91 Å². The Morgan fingerprint density at radius 2 is 2.17 bits per heavy atom. The van der Waals surface area contributed by atoms with Crippen LogP contribution in [-0.2, 0) is 4.79 Å². The van der Waals surface area contributed by atoms with E-state index in [0.29, 0.717) is 16.9 Å². The van der Waals surface area contributed by atoms with Gasteiger partial charge in [0.25, 0.3) is 0 Å². The molecule has 1 N–H and O–H groups in total. The van der Waals surface area contributed by atoms with E-state index in [4.69, 9.17) is 11.6 Å². The molecule has 0 aromatic heterocycles. The van der Waals surface area contributed by atoms with Gasteiger partial charge in [-0.05, 0) is 49.3 Å². The van der Waals surface area contributed by atoms with Gasteiger partial charge in [-0.25, -0.2) is 4.39 Å². The molecule has 2 saturated carbocycles. The highest BCUT2D eigenvalue weighted by molar-refractivity contribution is 6.30. The van der Waals surface area contributed by atoms with E-state index in [9.17, 15) is 9.18 Å². The van der Waals surface area contributed by atoms with E-state index in [1.54, 1.807) is 0 Å². The van der Waals surface area contributed by atoms with Crippen molar-refractivity contribution in [3.05, 3.63) is 29.0 Å². The second kappa shape index (κ2) is 4.54. The van der Waals surface area contributed by atoms with Crippen LogP contribution in [0.25, 0.3) is 0 Å². The molecule has 0 radical (unpaired) electrons. The Balaban J connectivity index is 1.72. The molecule has 3 unspecified atom stereocenters. The maximum absolute atomic E-state index is 13.5. The van der Waals surface area contributed by atoms with Crippen molar-refractivity contribution in [2.45, 2.75) is 25.7 Å². The van der Waals surface area contributed by atoms with Crippen LogP contribution in [0.4, 0.5) is 10.1 Å². The lowest BCUT2D eigenvalue weighted by Gasteiger charge is -2.20. The third-order valence-corrected chi connectivity index (χ3v) is 4.50. The van der Waals surface area contributed by atoms with Gasteiger partial charge >= 0.3 is 0 Å². The smallest absolute Gasteiger partial charge is 0.227 e. The second-order valence-corrected chi connectivity index (χ2v) is 5.83. The molecule has 0 heterocycles. The molecule has 2 aliphatic carbocycles. The van der Waals surface area contributed by atoms with Crippen molar-refractivity contribution in [2.24, 2.45) is 17.8 Å². The number of halogens is 2. The van der Waals surface area contributed by atoms with Crippen LogP contribution in [0, 0.1) is 23.6 Å². The number of amides is 1. The normalized spacial score (nSPS) is 29.6. The van der Waals surface area contributed by atoms with E-state index in [0.717, 1.165) is 19.3 Å². The van der Waals surface area contributed by atoms with Crippen molar-refractivity contribution in [3.63, 3.8) is 0 Å². The fourth-order valence-electron chi connectivity index (χ4n) is 3.38. The Labute approximate surface area is 111 Å². The molecule has 0 spiro atoms. The zero-order valence-corrected chi connectivity index (χ0v) is 10.7. The van der Waals surface area contributed by atoms with Crippen LogP contribution >= 0.6 is 11.6 Å². The minimum absolute atomic E-state index is 0.0524. The largest absolute Gasteiger partial charge is 0.323 e. The highest BCUT2D eigenvalue weighted by Crippen LogP contribution is 2.48. The molecular formula is C14H15ClFNO. The topological polar surface area (TPSA) is 29.1 Å². The Kier molecular flexibility index (Phi) is 3.02. The highest BCUT2D eigenvalue weighted by atomic mass is 35.5. The Hall–Kier alpha value is -1.09. The number of anilines is 1. The molecule has 1 aromatic rings. The summed E-state index contributed by atoms with van der Waals surface area (Å²) in [6, 6.07) is 4.21. The summed E-state index contributed by atoms with van der Waals surface area (Å²) < 4.78 is 13.5. The number of hydrogen-bond donors (Lipinski definition) is 1. The van der Waals surface area contributed by atoms with Gasteiger partial charge in [0.15, 0.2) is 0 Å². The summed E-state index contributed by atoms with van der Waals surface area (Å²) >= 11 is 5.80. The molecule has 3 atom stereocenters. The molecule has 2 fully saturated rings. The lowest BCUT2D eigenvalue weighted by atomic mass is 9.88. The maximum Gasteiger partial charge on any atom is 0.227 e. The van der Waals surface area contributed by atoms with Gasteiger partial charge in [0, 0.05) is 10.9 Å². The summed E-state index contributed by atoms with van der Waals surface area (Å²) in [6.45, 7) is 0. The summed E-state index contributed by atoms with van der Waals surface area (Å²) in [6.07, 6.45) is 4.51. The number of rotatable bonds is 2. The van der Waals surface area contributed by atoms with E-state index in [-0.39, 0.29) is 17.5 Å². The molecule has 18 heavy (non-hydrogen) atoms. The van der Waals surface area contributed by atoms with Crippen LogP contribution < -0.4 is 5.32 Å². The molecule has 2 nitrogen and oxygen atoms in total. The fourth-order valence-corrected chi connectivity index (χ4v) is 3.56. The van der Waals surface area contributed by atoms with Gasteiger partial charge in [-0.15, -0.1) is 0 Å². The number of carbonyl (C=O) groups is 1. The van der Waals surface area contributed by atoms with Crippen LogP contribution in [0.3, 0.4) is 0 Å². The molecule has 96 valence electrons. The summed E-state index contributed by atoms with van der Waals surface area (Å²) in [4.78, 5) is 12.1. The van der Waals surface area contributed by atoms with Gasteiger partial charge in [0.2, 0.25) is 5.91 Å². The maximum atomic E-state index is 13.5. The minimum atomic E-state index is -0.434. The zero-order chi connectivity index (χ0) is 12.7. The number of fused-ring (bicyclic) bond motifs is 2. The summed E-state index contributed by atoms with van der Waals surface area (Å²) in [5.74, 6) is 0.772. The molecule has 0 saturated heterocycles. The Morgan fingerprint density at radius 3 is 2.83 bits per heavy atom. The zero-order valence-electron chi connectivity index (χ0n) is 9.96. The molecule has 2 aliphatic rings. The Bertz CT molecular complexity index is 491. The minimum Gasteiger partial charge on any atom is -0.323 e. The average Bonchev–Trinajstić information content (AvgIpc) is 2.96. The van der Waals surface area contributed by atoms with Crippen molar-refractivity contribution < 1.29 is 9.18 Å². The van der Waals surface area contributed by atoms with Crippen LogP contribution in [0.15, 0.2) is 18.2 Å². The first-order valence-corrected chi connectivity index (χ1v) is 6.77.